The van der Waals surface area contributed by atoms with Crippen LogP contribution >= 0.6 is 0 Å². The predicted octanol–water partition coefficient (Wildman–Crippen LogP) is 3.13. The maximum absolute atomic E-state index is 12.8. The molecule has 0 fully saturated rings. The molecule has 0 bridgehead atoms. The predicted molar refractivity (Wildman–Crippen MR) is 94.0 cm³/mol. The molecule has 1 atom stereocenters. The van der Waals surface area contributed by atoms with Crippen molar-refractivity contribution in [3.05, 3.63) is 23.8 Å². The molecule has 0 spiro atoms. The van der Waals surface area contributed by atoms with Crippen LogP contribution in [0.1, 0.15) is 57.8 Å². The Hall–Kier alpha value is -2.37. The number of hydrogen-bond acceptors (Lipinski definition) is 5. The van der Waals surface area contributed by atoms with Gasteiger partial charge in [0, 0.05) is 12.0 Å². The summed E-state index contributed by atoms with van der Waals surface area (Å²) in [5.74, 6) is -0.406. The van der Waals surface area contributed by atoms with Gasteiger partial charge in [-0.15, -0.1) is 0 Å². The number of fused-ring (bicyclic) bond motifs is 1. The Morgan fingerprint density at radius 2 is 1.96 bits per heavy atom. The summed E-state index contributed by atoms with van der Waals surface area (Å²) >= 11 is 0. The number of Topliss-reactive ketones (excluding diaryl/α,β-unsaturated/α-hetero) is 1. The zero-order valence-corrected chi connectivity index (χ0v) is 15.4. The van der Waals surface area contributed by atoms with Gasteiger partial charge in [-0.25, -0.2) is 0 Å². The van der Waals surface area contributed by atoms with Gasteiger partial charge in [0.15, 0.2) is 11.4 Å². The molecule has 6 heteroatoms. The maximum Gasteiger partial charge on any atom is 0.326 e. The zero-order valence-electron chi connectivity index (χ0n) is 15.4. The molecule has 136 valence electrons. The summed E-state index contributed by atoms with van der Waals surface area (Å²) in [5, 5.41) is 0. The second-order valence-electron chi connectivity index (χ2n) is 6.67. The number of nitrogens with zero attached hydrogens (tertiary/aromatic N) is 1. The fourth-order valence-corrected chi connectivity index (χ4v) is 2.58. The third-order valence-electron chi connectivity index (χ3n) is 4.21. The lowest BCUT2D eigenvalue weighted by Crippen LogP contribution is -2.54. The molecule has 1 amide bonds. The number of anilines is 1. The van der Waals surface area contributed by atoms with E-state index in [4.69, 9.17) is 9.47 Å². The van der Waals surface area contributed by atoms with Gasteiger partial charge in [-0.05, 0) is 45.4 Å². The Labute approximate surface area is 148 Å². The first kappa shape index (κ1) is 19.0. The van der Waals surface area contributed by atoms with Crippen LogP contribution in [0.4, 0.5) is 5.69 Å². The van der Waals surface area contributed by atoms with Gasteiger partial charge in [-0.2, -0.15) is 0 Å². The van der Waals surface area contributed by atoms with Crippen molar-refractivity contribution in [3.63, 3.8) is 0 Å². The highest BCUT2D eigenvalue weighted by molar-refractivity contribution is 6.06. The Morgan fingerprint density at radius 3 is 2.56 bits per heavy atom. The van der Waals surface area contributed by atoms with Gasteiger partial charge in [-0.3, -0.25) is 19.3 Å². The number of hydrogen-bond donors (Lipinski definition) is 0. The number of esters is 1. The molecule has 0 saturated heterocycles. The molecule has 0 radical (unpaired) electrons. The molecule has 0 N–H and O–H groups in total. The van der Waals surface area contributed by atoms with Crippen LogP contribution in [0.15, 0.2) is 18.2 Å². The quantitative estimate of drug-likeness (QED) is 0.584. The summed E-state index contributed by atoms with van der Waals surface area (Å²) in [7, 11) is 0. The highest BCUT2D eigenvalue weighted by atomic mass is 16.5. The summed E-state index contributed by atoms with van der Waals surface area (Å²) in [5.41, 5.74) is -0.192. The summed E-state index contributed by atoms with van der Waals surface area (Å²) in [6, 6.07) is 4.94. The van der Waals surface area contributed by atoms with Crippen LogP contribution < -0.4 is 9.64 Å². The summed E-state index contributed by atoms with van der Waals surface area (Å²) < 4.78 is 11.1. The molecular weight excluding hydrogens is 322 g/mol. The first-order chi connectivity index (χ1) is 11.7. The van der Waals surface area contributed by atoms with E-state index in [1.54, 1.807) is 45.9 Å². The van der Waals surface area contributed by atoms with E-state index < -0.39 is 11.6 Å². The van der Waals surface area contributed by atoms with Crippen LogP contribution in [0.2, 0.25) is 0 Å². The average Bonchev–Trinajstić information content (AvgIpc) is 2.57. The van der Waals surface area contributed by atoms with Gasteiger partial charge in [-0.1, -0.05) is 13.8 Å². The second kappa shape index (κ2) is 7.25. The van der Waals surface area contributed by atoms with E-state index in [2.05, 4.69) is 0 Å². The molecule has 1 aromatic rings. The minimum Gasteiger partial charge on any atom is -0.476 e. The monoisotopic (exact) mass is 347 g/mol. The van der Waals surface area contributed by atoms with Crippen molar-refractivity contribution in [2.24, 2.45) is 0 Å². The van der Waals surface area contributed by atoms with Crippen molar-refractivity contribution in [3.8, 4) is 5.75 Å². The molecule has 1 heterocycles. The SMILES string of the molecule is CCC(=O)c1ccc2c(c1)N(CC(=O)OC(C)CC)C(=O)C(C)(C)O2. The maximum atomic E-state index is 12.8. The molecule has 0 saturated carbocycles. The zero-order chi connectivity index (χ0) is 18.8. The van der Waals surface area contributed by atoms with Crippen LogP contribution in [-0.2, 0) is 14.3 Å². The number of carbonyl (C=O) groups is 3. The van der Waals surface area contributed by atoms with E-state index in [-0.39, 0.29) is 24.3 Å². The van der Waals surface area contributed by atoms with Crippen molar-refractivity contribution < 1.29 is 23.9 Å². The second-order valence-corrected chi connectivity index (χ2v) is 6.67. The first-order valence-corrected chi connectivity index (χ1v) is 8.57. The molecule has 0 aliphatic carbocycles. The fourth-order valence-electron chi connectivity index (χ4n) is 2.58. The number of ketones is 1. The standard InChI is InChI=1S/C19H25NO5/c1-6-12(3)24-17(22)11-20-14-10-13(15(21)7-2)8-9-16(14)25-19(4,5)18(20)23/h8-10,12H,6-7,11H2,1-5H3. The van der Waals surface area contributed by atoms with E-state index in [0.717, 1.165) is 0 Å². The van der Waals surface area contributed by atoms with Crippen molar-refractivity contribution in [2.75, 3.05) is 11.4 Å². The van der Waals surface area contributed by atoms with Crippen molar-refractivity contribution in [2.45, 2.75) is 59.2 Å². The third-order valence-corrected chi connectivity index (χ3v) is 4.21. The molecule has 1 aromatic carbocycles. The van der Waals surface area contributed by atoms with E-state index in [1.165, 1.54) is 4.90 Å². The highest BCUT2D eigenvalue weighted by Gasteiger charge is 2.42. The van der Waals surface area contributed by atoms with Gasteiger partial charge >= 0.3 is 5.97 Å². The summed E-state index contributed by atoms with van der Waals surface area (Å²) in [6.45, 7) is 8.57. The Balaban J connectivity index is 2.38. The molecule has 1 unspecified atom stereocenters. The van der Waals surface area contributed by atoms with Crippen LogP contribution in [0.25, 0.3) is 0 Å². The number of benzene rings is 1. The fraction of sp³-hybridized carbons (Fsp3) is 0.526. The molecular formula is C19H25NO5. The van der Waals surface area contributed by atoms with Crippen LogP contribution in [0.5, 0.6) is 5.75 Å². The molecule has 2 rings (SSSR count). The Morgan fingerprint density at radius 1 is 1.28 bits per heavy atom. The van der Waals surface area contributed by atoms with E-state index >= 15 is 0 Å². The van der Waals surface area contributed by atoms with E-state index in [9.17, 15) is 14.4 Å². The third kappa shape index (κ3) is 4.00. The lowest BCUT2D eigenvalue weighted by atomic mass is 10.0. The molecule has 1 aliphatic rings. The topological polar surface area (TPSA) is 72.9 Å². The summed E-state index contributed by atoms with van der Waals surface area (Å²) in [4.78, 5) is 38.3. The van der Waals surface area contributed by atoms with Gasteiger partial charge in [0.1, 0.15) is 12.3 Å². The van der Waals surface area contributed by atoms with Crippen molar-refractivity contribution >= 4 is 23.3 Å². The Bertz CT molecular complexity index is 695. The van der Waals surface area contributed by atoms with Crippen molar-refractivity contribution in [1.29, 1.82) is 0 Å². The van der Waals surface area contributed by atoms with E-state index in [1.807, 2.05) is 6.92 Å². The molecule has 0 aromatic heterocycles. The van der Waals surface area contributed by atoms with Gasteiger partial charge < -0.3 is 9.47 Å². The van der Waals surface area contributed by atoms with Crippen LogP contribution in [0, 0.1) is 0 Å². The van der Waals surface area contributed by atoms with Crippen LogP contribution in [-0.4, -0.2) is 35.9 Å². The number of amides is 1. The Kier molecular flexibility index (Phi) is 5.50. The smallest absolute Gasteiger partial charge is 0.326 e. The first-order valence-electron chi connectivity index (χ1n) is 8.57. The van der Waals surface area contributed by atoms with Crippen LogP contribution in [0.3, 0.4) is 0 Å². The molecule has 1 aliphatic heterocycles. The lowest BCUT2D eigenvalue weighted by Gasteiger charge is -2.38. The molecule has 6 nitrogen and oxygen atoms in total. The van der Waals surface area contributed by atoms with E-state index in [0.29, 0.717) is 29.8 Å². The average molecular weight is 347 g/mol. The highest BCUT2D eigenvalue weighted by Crippen LogP contribution is 2.38. The lowest BCUT2D eigenvalue weighted by molar-refractivity contribution is -0.148. The summed E-state index contributed by atoms with van der Waals surface area (Å²) in [6.07, 6.45) is 0.832. The van der Waals surface area contributed by atoms with Crippen molar-refractivity contribution in [1.82, 2.24) is 0 Å². The largest absolute Gasteiger partial charge is 0.476 e. The van der Waals surface area contributed by atoms with Gasteiger partial charge in [0.2, 0.25) is 0 Å². The number of rotatable bonds is 6. The number of ether oxygens (including phenoxy) is 2. The number of carbonyl (C=O) groups excluding carboxylic acids is 3. The van der Waals surface area contributed by atoms with Gasteiger partial charge in [0.05, 0.1) is 11.8 Å². The molecule has 25 heavy (non-hydrogen) atoms. The normalized spacial score (nSPS) is 16.7. The minimum atomic E-state index is -1.10. The minimum absolute atomic E-state index is 0.0396. The van der Waals surface area contributed by atoms with Gasteiger partial charge in [0.25, 0.3) is 5.91 Å².